The van der Waals surface area contributed by atoms with Crippen LogP contribution in [-0.4, -0.2) is 32.0 Å². The lowest BCUT2D eigenvalue weighted by atomic mass is 10.1. The van der Waals surface area contributed by atoms with E-state index in [4.69, 9.17) is 13.9 Å². The van der Waals surface area contributed by atoms with Gasteiger partial charge in [0.25, 0.3) is 0 Å². The molecule has 1 amide bonds. The molecule has 0 saturated heterocycles. The summed E-state index contributed by atoms with van der Waals surface area (Å²) >= 11 is 0. The largest absolute Gasteiger partial charge is 0.513 e. The first-order valence-corrected chi connectivity index (χ1v) is 7.40. The Labute approximate surface area is 143 Å². The number of ether oxygens (including phenoxy) is 3. The summed E-state index contributed by atoms with van der Waals surface area (Å²) in [5.41, 5.74) is 0.580. The van der Waals surface area contributed by atoms with Crippen LogP contribution < -0.4 is 15.7 Å². The lowest BCUT2D eigenvalue weighted by Crippen LogP contribution is -2.29. The number of hydrogen-bond donors (Lipinski definition) is 1. The first kappa shape index (κ1) is 18.1. The predicted octanol–water partition coefficient (Wildman–Crippen LogP) is 2.53. The van der Waals surface area contributed by atoms with Crippen molar-refractivity contribution in [3.05, 3.63) is 52.9 Å². The van der Waals surface area contributed by atoms with Crippen molar-refractivity contribution in [1.82, 2.24) is 5.32 Å². The zero-order valence-corrected chi connectivity index (χ0v) is 13.6. The molecule has 0 fully saturated rings. The molecule has 25 heavy (non-hydrogen) atoms. The SMILES string of the molecule is C=CCOC(=O)NCCOC(=O)Oc1ccc2c(C)cc(=O)oc2c1. The lowest BCUT2D eigenvalue weighted by Gasteiger charge is -2.08. The Morgan fingerprint density at radius 2 is 2.08 bits per heavy atom. The van der Waals surface area contributed by atoms with Crippen LogP contribution in [0.25, 0.3) is 11.0 Å². The molecule has 8 heteroatoms. The number of rotatable bonds is 6. The van der Waals surface area contributed by atoms with Gasteiger partial charge in [-0.25, -0.2) is 14.4 Å². The monoisotopic (exact) mass is 347 g/mol. The maximum Gasteiger partial charge on any atom is 0.513 e. The molecule has 0 aliphatic carbocycles. The number of nitrogens with one attached hydrogen (secondary N) is 1. The van der Waals surface area contributed by atoms with Crippen molar-refractivity contribution in [3.8, 4) is 5.75 Å². The maximum absolute atomic E-state index is 11.6. The number of alkyl carbamates (subject to hydrolysis) is 1. The number of carbonyl (C=O) groups excluding carboxylic acids is 2. The third-order valence-electron chi connectivity index (χ3n) is 3.05. The van der Waals surface area contributed by atoms with Gasteiger partial charge in [0.1, 0.15) is 24.5 Å². The van der Waals surface area contributed by atoms with Crippen LogP contribution in [0.2, 0.25) is 0 Å². The average molecular weight is 347 g/mol. The number of aryl methyl sites for hydroxylation is 1. The normalized spacial score (nSPS) is 10.1. The van der Waals surface area contributed by atoms with Crippen molar-refractivity contribution < 1.29 is 28.2 Å². The number of fused-ring (bicyclic) bond motifs is 1. The van der Waals surface area contributed by atoms with E-state index in [1.165, 1.54) is 18.2 Å². The Bertz CT molecular complexity index is 840. The van der Waals surface area contributed by atoms with E-state index in [1.54, 1.807) is 19.1 Å². The van der Waals surface area contributed by atoms with Crippen molar-refractivity contribution in [2.45, 2.75) is 6.92 Å². The van der Waals surface area contributed by atoms with Crippen molar-refractivity contribution in [2.75, 3.05) is 19.8 Å². The summed E-state index contributed by atoms with van der Waals surface area (Å²) in [6.07, 6.45) is -0.159. The summed E-state index contributed by atoms with van der Waals surface area (Å²) in [5, 5.41) is 3.12. The average Bonchev–Trinajstić information content (AvgIpc) is 2.56. The van der Waals surface area contributed by atoms with Crippen LogP contribution in [0.4, 0.5) is 9.59 Å². The molecule has 2 aromatic rings. The van der Waals surface area contributed by atoms with Gasteiger partial charge in [-0.05, 0) is 24.6 Å². The van der Waals surface area contributed by atoms with Crippen molar-refractivity contribution in [1.29, 1.82) is 0 Å². The zero-order chi connectivity index (χ0) is 18.2. The van der Waals surface area contributed by atoms with E-state index in [1.807, 2.05) is 0 Å². The smallest absolute Gasteiger partial charge is 0.445 e. The third-order valence-corrected chi connectivity index (χ3v) is 3.05. The topological polar surface area (TPSA) is 104 Å². The van der Waals surface area contributed by atoms with E-state index in [9.17, 15) is 14.4 Å². The molecule has 0 atom stereocenters. The summed E-state index contributed by atoms with van der Waals surface area (Å²) in [5.74, 6) is 0.171. The van der Waals surface area contributed by atoms with Crippen molar-refractivity contribution in [3.63, 3.8) is 0 Å². The molecule has 1 N–H and O–H groups in total. The van der Waals surface area contributed by atoms with Crippen LogP contribution >= 0.6 is 0 Å². The highest BCUT2D eigenvalue weighted by Crippen LogP contribution is 2.22. The molecule has 0 unspecified atom stereocenters. The lowest BCUT2D eigenvalue weighted by molar-refractivity contribution is 0.0978. The van der Waals surface area contributed by atoms with E-state index in [0.717, 1.165) is 10.9 Å². The molecule has 0 aliphatic rings. The second-order valence-corrected chi connectivity index (χ2v) is 4.92. The van der Waals surface area contributed by atoms with Gasteiger partial charge in [-0.15, -0.1) is 0 Å². The van der Waals surface area contributed by atoms with Gasteiger partial charge in [0.15, 0.2) is 0 Å². The van der Waals surface area contributed by atoms with Gasteiger partial charge in [-0.3, -0.25) is 0 Å². The first-order valence-electron chi connectivity index (χ1n) is 7.40. The van der Waals surface area contributed by atoms with Crippen LogP contribution in [0, 0.1) is 6.92 Å². The van der Waals surface area contributed by atoms with Gasteiger partial charge in [-0.1, -0.05) is 12.7 Å². The van der Waals surface area contributed by atoms with Crippen LogP contribution in [-0.2, 0) is 9.47 Å². The summed E-state index contributed by atoms with van der Waals surface area (Å²) in [6.45, 7) is 5.25. The number of amides is 1. The summed E-state index contributed by atoms with van der Waals surface area (Å²) < 4.78 is 19.6. The number of benzene rings is 1. The molecule has 0 aliphatic heterocycles. The van der Waals surface area contributed by atoms with Gasteiger partial charge in [0.05, 0.1) is 6.54 Å². The Kier molecular flexibility index (Phi) is 6.16. The molecule has 1 aromatic heterocycles. The number of carbonyl (C=O) groups is 2. The Balaban J connectivity index is 1.84. The standard InChI is InChI=1S/C17H17NO7/c1-3-7-22-16(20)18-6-8-23-17(21)24-12-4-5-13-11(2)9-15(19)25-14(13)10-12/h3-5,9-10H,1,6-8H2,2H3,(H,18,20). The van der Waals surface area contributed by atoms with E-state index in [-0.39, 0.29) is 25.5 Å². The Morgan fingerprint density at radius 3 is 2.84 bits per heavy atom. The second kappa shape index (κ2) is 8.53. The van der Waals surface area contributed by atoms with E-state index < -0.39 is 17.9 Å². The van der Waals surface area contributed by atoms with E-state index in [0.29, 0.717) is 5.58 Å². The molecular weight excluding hydrogens is 330 g/mol. The molecular formula is C17H17NO7. The van der Waals surface area contributed by atoms with Crippen molar-refractivity contribution in [2.24, 2.45) is 0 Å². The molecule has 8 nitrogen and oxygen atoms in total. The van der Waals surface area contributed by atoms with Gasteiger partial charge in [-0.2, -0.15) is 0 Å². The van der Waals surface area contributed by atoms with Gasteiger partial charge in [0.2, 0.25) is 0 Å². The summed E-state index contributed by atoms with van der Waals surface area (Å²) in [6, 6.07) is 6.04. The van der Waals surface area contributed by atoms with Crippen LogP contribution in [0.1, 0.15) is 5.56 Å². The minimum Gasteiger partial charge on any atom is -0.445 e. The van der Waals surface area contributed by atoms with Crippen LogP contribution in [0.5, 0.6) is 5.75 Å². The second-order valence-electron chi connectivity index (χ2n) is 4.92. The zero-order valence-electron chi connectivity index (χ0n) is 13.6. The highest BCUT2D eigenvalue weighted by Gasteiger charge is 2.09. The predicted molar refractivity (Wildman–Crippen MR) is 88.7 cm³/mol. The maximum atomic E-state index is 11.6. The minimum absolute atomic E-state index is 0.0663. The van der Waals surface area contributed by atoms with Crippen LogP contribution in [0.15, 0.2) is 46.1 Å². The Morgan fingerprint density at radius 1 is 1.28 bits per heavy atom. The molecule has 1 aromatic carbocycles. The minimum atomic E-state index is -0.949. The fourth-order valence-corrected chi connectivity index (χ4v) is 1.97. The van der Waals surface area contributed by atoms with E-state index in [2.05, 4.69) is 16.6 Å². The first-order chi connectivity index (χ1) is 12.0. The molecule has 2 rings (SSSR count). The molecule has 0 saturated carbocycles. The van der Waals surface area contributed by atoms with E-state index >= 15 is 0 Å². The fraction of sp³-hybridized carbons (Fsp3) is 0.235. The van der Waals surface area contributed by atoms with Gasteiger partial charge < -0.3 is 23.9 Å². The molecule has 0 radical (unpaired) electrons. The molecule has 0 spiro atoms. The fourth-order valence-electron chi connectivity index (χ4n) is 1.97. The molecule has 1 heterocycles. The highest BCUT2D eigenvalue weighted by atomic mass is 16.7. The summed E-state index contributed by atoms with van der Waals surface area (Å²) in [7, 11) is 0. The third kappa shape index (κ3) is 5.38. The summed E-state index contributed by atoms with van der Waals surface area (Å²) in [4.78, 5) is 34.1. The quantitative estimate of drug-likeness (QED) is 0.281. The highest BCUT2D eigenvalue weighted by molar-refractivity contribution is 5.81. The van der Waals surface area contributed by atoms with Gasteiger partial charge in [0, 0.05) is 17.5 Å². The van der Waals surface area contributed by atoms with Gasteiger partial charge >= 0.3 is 17.9 Å². The molecule has 0 bridgehead atoms. The Hall–Kier alpha value is -3.29. The number of hydrogen-bond acceptors (Lipinski definition) is 7. The molecule has 132 valence electrons. The van der Waals surface area contributed by atoms with Crippen LogP contribution in [0.3, 0.4) is 0 Å². The van der Waals surface area contributed by atoms with Crippen molar-refractivity contribution >= 4 is 23.2 Å².